The molecule has 1 aromatic heterocycles. The van der Waals surface area contributed by atoms with Gasteiger partial charge in [-0.25, -0.2) is 8.78 Å². The van der Waals surface area contributed by atoms with Crippen molar-refractivity contribution in [2.45, 2.75) is 0 Å². The van der Waals surface area contributed by atoms with E-state index in [-0.39, 0.29) is 29.2 Å². The van der Waals surface area contributed by atoms with Crippen molar-refractivity contribution in [3.8, 4) is 0 Å². The molecule has 1 heterocycles. The minimum absolute atomic E-state index is 0.0430. The van der Waals surface area contributed by atoms with E-state index in [1.54, 1.807) is 24.3 Å². The zero-order chi connectivity index (χ0) is 16.2. The van der Waals surface area contributed by atoms with Crippen molar-refractivity contribution >= 4 is 29.2 Å². The molecular weight excluding hydrogens is 302 g/mol. The van der Waals surface area contributed by atoms with Gasteiger partial charge in [-0.2, -0.15) is 15.0 Å². The first-order valence-corrected chi connectivity index (χ1v) is 6.66. The third-order valence-corrected chi connectivity index (χ3v) is 2.89. The standard InChI is InChI=1S/C15H12F2N6/c16-9-5-1-3-7-11(9)19-14-21-13(18)22-15(23-14)20-12-8-4-2-6-10(12)17/h1-8H,(H4,18,19,20,21,22,23). The number of nitrogens with zero attached hydrogens (tertiary/aromatic N) is 3. The van der Waals surface area contributed by atoms with Crippen LogP contribution in [0.25, 0.3) is 0 Å². The molecular formula is C15H12F2N6. The van der Waals surface area contributed by atoms with Crippen LogP contribution in [0, 0.1) is 11.6 Å². The molecule has 0 atom stereocenters. The summed E-state index contributed by atoms with van der Waals surface area (Å²) >= 11 is 0. The summed E-state index contributed by atoms with van der Waals surface area (Å²) in [6.07, 6.45) is 0. The molecule has 0 saturated heterocycles. The average Bonchev–Trinajstić information content (AvgIpc) is 2.51. The second-order valence-electron chi connectivity index (χ2n) is 4.55. The normalized spacial score (nSPS) is 10.3. The molecule has 0 amide bonds. The molecule has 6 nitrogen and oxygen atoms in total. The van der Waals surface area contributed by atoms with Gasteiger partial charge in [-0.3, -0.25) is 0 Å². The van der Waals surface area contributed by atoms with E-state index in [1.165, 1.54) is 24.3 Å². The predicted molar refractivity (Wildman–Crippen MR) is 83.6 cm³/mol. The zero-order valence-electron chi connectivity index (χ0n) is 11.8. The lowest BCUT2D eigenvalue weighted by molar-refractivity contribution is 0.631. The van der Waals surface area contributed by atoms with E-state index in [9.17, 15) is 8.78 Å². The first kappa shape index (κ1) is 14.6. The maximum Gasteiger partial charge on any atom is 0.233 e. The zero-order valence-corrected chi connectivity index (χ0v) is 11.8. The molecule has 0 radical (unpaired) electrons. The van der Waals surface area contributed by atoms with Gasteiger partial charge in [-0.1, -0.05) is 24.3 Å². The Hall–Kier alpha value is -3.29. The summed E-state index contributed by atoms with van der Waals surface area (Å²) in [6.45, 7) is 0. The van der Waals surface area contributed by atoms with Gasteiger partial charge in [0.05, 0.1) is 11.4 Å². The van der Waals surface area contributed by atoms with Crippen molar-refractivity contribution in [1.29, 1.82) is 0 Å². The SMILES string of the molecule is Nc1nc(Nc2ccccc2F)nc(Nc2ccccc2F)n1. The fraction of sp³-hybridized carbons (Fsp3) is 0. The minimum atomic E-state index is -0.463. The predicted octanol–water partition coefficient (Wildman–Crippen LogP) is 3.22. The summed E-state index contributed by atoms with van der Waals surface area (Å²) in [5, 5.41) is 5.41. The monoisotopic (exact) mass is 314 g/mol. The number of hydrogen-bond acceptors (Lipinski definition) is 6. The van der Waals surface area contributed by atoms with Crippen molar-refractivity contribution < 1.29 is 8.78 Å². The van der Waals surface area contributed by atoms with Gasteiger partial charge in [-0.05, 0) is 24.3 Å². The van der Waals surface area contributed by atoms with Crippen LogP contribution < -0.4 is 16.4 Å². The summed E-state index contributed by atoms with van der Waals surface area (Å²) in [6, 6.07) is 12.1. The largest absolute Gasteiger partial charge is 0.368 e. The van der Waals surface area contributed by atoms with Crippen molar-refractivity contribution in [2.75, 3.05) is 16.4 Å². The summed E-state index contributed by atoms with van der Waals surface area (Å²) < 4.78 is 27.3. The molecule has 0 aliphatic heterocycles. The molecule has 8 heteroatoms. The maximum absolute atomic E-state index is 13.6. The Morgan fingerprint density at radius 3 is 1.57 bits per heavy atom. The highest BCUT2D eigenvalue weighted by molar-refractivity contribution is 5.59. The lowest BCUT2D eigenvalue weighted by atomic mass is 10.3. The number of para-hydroxylation sites is 2. The van der Waals surface area contributed by atoms with Crippen LogP contribution in [0.2, 0.25) is 0 Å². The highest BCUT2D eigenvalue weighted by atomic mass is 19.1. The Bertz CT molecular complexity index is 774. The van der Waals surface area contributed by atoms with Crippen LogP contribution in [-0.4, -0.2) is 15.0 Å². The number of nitrogens with two attached hydrogens (primary N) is 1. The Morgan fingerprint density at radius 2 is 1.13 bits per heavy atom. The Kier molecular flexibility index (Phi) is 3.96. The van der Waals surface area contributed by atoms with Crippen LogP contribution in [0.3, 0.4) is 0 Å². The van der Waals surface area contributed by atoms with Crippen molar-refractivity contribution in [3.63, 3.8) is 0 Å². The third-order valence-electron chi connectivity index (χ3n) is 2.89. The lowest BCUT2D eigenvalue weighted by Crippen LogP contribution is -2.08. The van der Waals surface area contributed by atoms with Crippen LogP contribution in [0.4, 0.5) is 38.0 Å². The van der Waals surface area contributed by atoms with E-state index < -0.39 is 11.6 Å². The van der Waals surface area contributed by atoms with Gasteiger partial charge < -0.3 is 16.4 Å². The van der Waals surface area contributed by atoms with E-state index in [0.29, 0.717) is 0 Å². The molecule has 0 aliphatic carbocycles. The Labute approximate surface area is 130 Å². The van der Waals surface area contributed by atoms with Gasteiger partial charge in [0.25, 0.3) is 0 Å². The van der Waals surface area contributed by atoms with Crippen LogP contribution in [0.1, 0.15) is 0 Å². The summed E-state index contributed by atoms with van der Waals surface area (Å²) in [5.41, 5.74) is 5.99. The van der Waals surface area contributed by atoms with Gasteiger partial charge >= 0.3 is 0 Å². The van der Waals surface area contributed by atoms with Gasteiger partial charge in [-0.15, -0.1) is 0 Å². The van der Waals surface area contributed by atoms with Crippen LogP contribution >= 0.6 is 0 Å². The number of nitrogen functional groups attached to an aromatic ring is 1. The molecule has 3 aromatic rings. The molecule has 4 N–H and O–H groups in total. The molecule has 0 saturated carbocycles. The number of rotatable bonds is 4. The van der Waals surface area contributed by atoms with Crippen molar-refractivity contribution in [2.24, 2.45) is 0 Å². The molecule has 0 bridgehead atoms. The van der Waals surface area contributed by atoms with E-state index in [0.717, 1.165) is 0 Å². The first-order chi connectivity index (χ1) is 11.1. The highest BCUT2D eigenvalue weighted by Gasteiger charge is 2.09. The van der Waals surface area contributed by atoms with Gasteiger partial charge in [0.15, 0.2) is 0 Å². The van der Waals surface area contributed by atoms with Crippen molar-refractivity contribution in [1.82, 2.24) is 15.0 Å². The number of hydrogen-bond donors (Lipinski definition) is 3. The maximum atomic E-state index is 13.6. The molecule has 0 aliphatic rings. The van der Waals surface area contributed by atoms with E-state index in [1.807, 2.05) is 0 Å². The average molecular weight is 314 g/mol. The molecule has 23 heavy (non-hydrogen) atoms. The van der Waals surface area contributed by atoms with Gasteiger partial charge in [0.1, 0.15) is 11.6 Å². The van der Waals surface area contributed by atoms with E-state index >= 15 is 0 Å². The second-order valence-corrected chi connectivity index (χ2v) is 4.55. The second kappa shape index (κ2) is 6.22. The van der Waals surface area contributed by atoms with Crippen LogP contribution in [0.5, 0.6) is 0 Å². The van der Waals surface area contributed by atoms with E-state index in [4.69, 9.17) is 5.73 Å². The van der Waals surface area contributed by atoms with E-state index in [2.05, 4.69) is 25.6 Å². The highest BCUT2D eigenvalue weighted by Crippen LogP contribution is 2.20. The summed E-state index contributed by atoms with van der Waals surface area (Å²) in [4.78, 5) is 11.8. The van der Waals surface area contributed by atoms with Crippen LogP contribution in [0.15, 0.2) is 48.5 Å². The molecule has 116 valence electrons. The summed E-state index contributed by atoms with van der Waals surface area (Å²) in [7, 11) is 0. The summed E-state index contributed by atoms with van der Waals surface area (Å²) in [5.74, 6) is -0.925. The smallest absolute Gasteiger partial charge is 0.233 e. The number of aromatic nitrogens is 3. The fourth-order valence-corrected chi connectivity index (χ4v) is 1.87. The number of benzene rings is 2. The Morgan fingerprint density at radius 1 is 0.696 bits per heavy atom. The molecule has 0 spiro atoms. The lowest BCUT2D eigenvalue weighted by Gasteiger charge is -2.09. The van der Waals surface area contributed by atoms with Crippen LogP contribution in [-0.2, 0) is 0 Å². The minimum Gasteiger partial charge on any atom is -0.368 e. The quantitative estimate of drug-likeness (QED) is 0.685. The fourth-order valence-electron chi connectivity index (χ4n) is 1.87. The first-order valence-electron chi connectivity index (χ1n) is 6.66. The molecule has 0 fully saturated rings. The number of nitrogens with one attached hydrogen (secondary N) is 2. The number of halogens is 2. The van der Waals surface area contributed by atoms with Gasteiger partial charge in [0, 0.05) is 0 Å². The van der Waals surface area contributed by atoms with Crippen molar-refractivity contribution in [3.05, 3.63) is 60.2 Å². The van der Waals surface area contributed by atoms with Gasteiger partial charge in [0.2, 0.25) is 17.8 Å². The molecule has 0 unspecified atom stereocenters. The third kappa shape index (κ3) is 3.49. The molecule has 2 aromatic carbocycles. The molecule has 3 rings (SSSR count). The number of anilines is 5. The topological polar surface area (TPSA) is 88.8 Å². The Balaban J connectivity index is 1.88.